The Bertz CT molecular complexity index is 683. The Kier molecular flexibility index (Phi) is 3.98. The molecule has 0 aliphatic heterocycles. The molecule has 20 heavy (non-hydrogen) atoms. The van der Waals surface area contributed by atoms with Crippen LogP contribution in [0.15, 0.2) is 35.3 Å². The number of hydrogen-bond acceptors (Lipinski definition) is 2. The van der Waals surface area contributed by atoms with Crippen LogP contribution in [0.2, 0.25) is 0 Å². The molecule has 2 aromatic rings. The summed E-state index contributed by atoms with van der Waals surface area (Å²) in [4.78, 5) is 7.02. The van der Waals surface area contributed by atoms with Gasteiger partial charge >= 0.3 is 0 Å². The van der Waals surface area contributed by atoms with E-state index in [-0.39, 0.29) is 0 Å². The minimum atomic E-state index is 0.519. The molecule has 5 heteroatoms. The Hall–Kier alpha value is -1.46. The van der Waals surface area contributed by atoms with Crippen LogP contribution in [0.25, 0.3) is 0 Å². The summed E-state index contributed by atoms with van der Waals surface area (Å²) in [6, 6.07) is 9.92. The zero-order valence-corrected chi connectivity index (χ0v) is 13.1. The third-order valence-electron chi connectivity index (χ3n) is 3.52. The van der Waals surface area contributed by atoms with E-state index in [9.17, 15) is 0 Å². The summed E-state index contributed by atoms with van der Waals surface area (Å²) in [6.45, 7) is 0. The molecule has 0 atom stereocenters. The lowest BCUT2D eigenvalue weighted by molar-refractivity contribution is 0.644. The van der Waals surface area contributed by atoms with Crippen molar-refractivity contribution in [2.45, 2.75) is 25.7 Å². The van der Waals surface area contributed by atoms with Gasteiger partial charge in [0.15, 0.2) is 9.91 Å². The van der Waals surface area contributed by atoms with Crippen LogP contribution in [-0.4, -0.2) is 9.68 Å². The minimum Gasteiger partial charge on any atom is -0.331 e. The first kappa shape index (κ1) is 13.5. The summed E-state index contributed by atoms with van der Waals surface area (Å²) < 4.78 is 2.19. The number of anilines is 1. The van der Waals surface area contributed by atoms with Crippen molar-refractivity contribution in [1.82, 2.24) is 4.57 Å². The van der Waals surface area contributed by atoms with Gasteiger partial charge in [0.25, 0.3) is 0 Å². The molecule has 1 heterocycles. The lowest BCUT2D eigenvalue weighted by atomic mass is 10.0. The maximum absolute atomic E-state index is 5.33. The highest BCUT2D eigenvalue weighted by atomic mass is 32.1. The Morgan fingerprint density at radius 3 is 2.75 bits per heavy atom. The highest BCUT2D eigenvalue weighted by Gasteiger charge is 2.15. The van der Waals surface area contributed by atoms with Gasteiger partial charge in [-0.05, 0) is 50.0 Å². The van der Waals surface area contributed by atoms with Gasteiger partial charge in [-0.1, -0.05) is 18.2 Å². The quantitative estimate of drug-likeness (QED) is 0.819. The van der Waals surface area contributed by atoms with Crippen LogP contribution < -0.4 is 10.1 Å². The van der Waals surface area contributed by atoms with Gasteiger partial charge < -0.3 is 9.88 Å². The molecule has 0 unspecified atom stereocenters. The molecule has 3 rings (SSSR count). The van der Waals surface area contributed by atoms with Crippen LogP contribution in [0.3, 0.4) is 0 Å². The van der Waals surface area contributed by atoms with Gasteiger partial charge in [-0.3, -0.25) is 0 Å². The van der Waals surface area contributed by atoms with Gasteiger partial charge in [0, 0.05) is 23.3 Å². The maximum atomic E-state index is 5.33. The third-order valence-corrected chi connectivity index (χ3v) is 4.95. The molecule has 3 nitrogen and oxygen atoms in total. The first-order chi connectivity index (χ1) is 9.74. The topological polar surface area (TPSA) is 29.3 Å². The van der Waals surface area contributed by atoms with Crippen molar-refractivity contribution in [1.29, 1.82) is 0 Å². The fourth-order valence-electron chi connectivity index (χ4n) is 2.48. The molecule has 0 amide bonds. The number of hydrogen-bond donors (Lipinski definition) is 1. The fraction of sp³-hybridized carbons (Fsp3) is 0.333. The second-order valence-corrected chi connectivity index (χ2v) is 6.38. The van der Waals surface area contributed by atoms with Crippen molar-refractivity contribution in [3.8, 4) is 0 Å². The SMILES string of the molecule is Cn1c2c(s/c1=N\C(=S)Nc1ccccc1)CCCC2. The molecule has 0 radical (unpaired) electrons. The van der Waals surface area contributed by atoms with E-state index in [2.05, 4.69) is 21.9 Å². The Morgan fingerprint density at radius 1 is 1.25 bits per heavy atom. The summed E-state index contributed by atoms with van der Waals surface area (Å²) in [5, 5.41) is 3.67. The van der Waals surface area contributed by atoms with Crippen LogP contribution in [0.4, 0.5) is 5.69 Å². The molecule has 1 N–H and O–H groups in total. The summed E-state index contributed by atoms with van der Waals surface area (Å²) >= 11 is 7.10. The second-order valence-electron chi connectivity index (χ2n) is 4.93. The number of rotatable bonds is 1. The van der Waals surface area contributed by atoms with Crippen molar-refractivity contribution in [2.75, 3.05) is 5.32 Å². The van der Waals surface area contributed by atoms with Gasteiger partial charge in [-0.2, -0.15) is 4.99 Å². The zero-order chi connectivity index (χ0) is 13.9. The number of benzene rings is 1. The predicted octanol–water partition coefficient (Wildman–Crippen LogP) is 3.26. The average Bonchev–Trinajstić information content (AvgIpc) is 2.77. The number of nitrogens with zero attached hydrogens (tertiary/aromatic N) is 2. The zero-order valence-electron chi connectivity index (χ0n) is 11.4. The number of para-hydroxylation sites is 1. The van der Waals surface area contributed by atoms with Crippen LogP contribution >= 0.6 is 23.6 Å². The van der Waals surface area contributed by atoms with E-state index in [0.29, 0.717) is 5.11 Å². The van der Waals surface area contributed by atoms with Crippen LogP contribution in [0.5, 0.6) is 0 Å². The lowest BCUT2D eigenvalue weighted by Crippen LogP contribution is -2.18. The molecule has 1 aliphatic carbocycles. The van der Waals surface area contributed by atoms with E-state index < -0.39 is 0 Å². The monoisotopic (exact) mass is 303 g/mol. The maximum Gasteiger partial charge on any atom is 0.199 e. The van der Waals surface area contributed by atoms with Crippen molar-refractivity contribution < 1.29 is 0 Å². The first-order valence-corrected chi connectivity index (χ1v) is 8.05. The Balaban J connectivity index is 1.85. The number of thiazole rings is 1. The van der Waals surface area contributed by atoms with Crippen molar-refractivity contribution >= 4 is 34.4 Å². The summed E-state index contributed by atoms with van der Waals surface area (Å²) in [7, 11) is 2.09. The number of aromatic nitrogens is 1. The fourth-order valence-corrected chi connectivity index (χ4v) is 3.95. The molecule has 0 saturated carbocycles. The predicted molar refractivity (Wildman–Crippen MR) is 88.2 cm³/mol. The van der Waals surface area contributed by atoms with Crippen LogP contribution in [-0.2, 0) is 19.9 Å². The Labute approximate surface area is 128 Å². The molecule has 0 bridgehead atoms. The molecular weight excluding hydrogens is 286 g/mol. The van der Waals surface area contributed by atoms with E-state index in [1.165, 1.54) is 29.8 Å². The average molecular weight is 303 g/mol. The van der Waals surface area contributed by atoms with Crippen LogP contribution in [0.1, 0.15) is 23.4 Å². The largest absolute Gasteiger partial charge is 0.331 e. The molecular formula is C15H17N3S2. The molecule has 0 fully saturated rings. The van der Waals surface area contributed by atoms with Gasteiger partial charge in [-0.15, -0.1) is 11.3 Å². The lowest BCUT2D eigenvalue weighted by Gasteiger charge is -2.11. The molecule has 1 aromatic carbocycles. The standard InChI is InChI=1S/C15H17N3S2/c1-18-12-9-5-6-10-13(12)20-15(18)17-14(19)16-11-7-3-2-4-8-11/h2-4,7-8H,5-6,9-10H2,1H3,(H,16,19)/b17-15-. The molecule has 104 valence electrons. The van der Waals surface area contributed by atoms with Gasteiger partial charge in [-0.25, -0.2) is 0 Å². The van der Waals surface area contributed by atoms with E-state index >= 15 is 0 Å². The van der Waals surface area contributed by atoms with E-state index in [1.54, 1.807) is 11.3 Å². The molecule has 0 saturated heterocycles. The highest BCUT2D eigenvalue weighted by Crippen LogP contribution is 2.22. The molecule has 1 aliphatic rings. The van der Waals surface area contributed by atoms with Crippen LogP contribution in [0, 0.1) is 0 Å². The third kappa shape index (κ3) is 2.83. The second kappa shape index (κ2) is 5.89. The summed E-state index contributed by atoms with van der Waals surface area (Å²) in [6.07, 6.45) is 4.92. The number of nitrogens with one attached hydrogen (secondary N) is 1. The minimum absolute atomic E-state index is 0.519. The molecule has 1 aromatic heterocycles. The normalized spacial score (nSPS) is 14.9. The number of fused-ring (bicyclic) bond motifs is 1. The van der Waals surface area contributed by atoms with Crippen molar-refractivity contribution in [3.63, 3.8) is 0 Å². The van der Waals surface area contributed by atoms with Crippen molar-refractivity contribution in [2.24, 2.45) is 12.0 Å². The van der Waals surface area contributed by atoms with E-state index in [0.717, 1.165) is 16.9 Å². The van der Waals surface area contributed by atoms with E-state index in [4.69, 9.17) is 12.2 Å². The van der Waals surface area contributed by atoms with Gasteiger partial charge in [0.05, 0.1) is 0 Å². The number of thiocarbonyl (C=S) groups is 1. The van der Waals surface area contributed by atoms with Gasteiger partial charge in [0.1, 0.15) is 0 Å². The van der Waals surface area contributed by atoms with Crippen molar-refractivity contribution in [3.05, 3.63) is 45.7 Å². The Morgan fingerprint density at radius 2 is 2.00 bits per heavy atom. The molecule has 0 spiro atoms. The van der Waals surface area contributed by atoms with Gasteiger partial charge in [0.2, 0.25) is 0 Å². The highest BCUT2D eigenvalue weighted by molar-refractivity contribution is 7.80. The summed E-state index contributed by atoms with van der Waals surface area (Å²) in [5.74, 6) is 0. The smallest absolute Gasteiger partial charge is 0.199 e. The van der Waals surface area contributed by atoms with E-state index in [1.807, 2.05) is 30.3 Å². The summed E-state index contributed by atoms with van der Waals surface area (Å²) in [5.41, 5.74) is 2.41. The first-order valence-electron chi connectivity index (χ1n) is 6.82. The number of aryl methyl sites for hydroxylation is 1.